The first-order valence-electron chi connectivity index (χ1n) is 4.88. The number of rotatable bonds is 3. The maximum atomic E-state index is 6.13. The summed E-state index contributed by atoms with van der Waals surface area (Å²) in [6, 6.07) is 0.0427. The fourth-order valence-electron chi connectivity index (χ4n) is 1.20. The Kier molecular flexibility index (Phi) is 3.28. The van der Waals surface area contributed by atoms with Crippen molar-refractivity contribution < 1.29 is 4.42 Å². The van der Waals surface area contributed by atoms with Crippen LogP contribution in [0.25, 0.3) is 10.8 Å². The molecule has 1 N–H and O–H groups in total. The van der Waals surface area contributed by atoms with Crippen LogP contribution in [0, 0.1) is 6.92 Å². The van der Waals surface area contributed by atoms with E-state index in [-0.39, 0.29) is 6.04 Å². The Labute approximate surface area is 103 Å². The van der Waals surface area contributed by atoms with Crippen LogP contribution in [0.5, 0.6) is 0 Å². The topological polar surface area (TPSA) is 51.0 Å². The predicted octanol–water partition coefficient (Wildman–Crippen LogP) is 3.04. The molecule has 0 aromatic carbocycles. The molecule has 2 aromatic rings. The number of hydrogen-bond acceptors (Lipinski definition) is 5. The Morgan fingerprint density at radius 3 is 2.81 bits per heavy atom. The van der Waals surface area contributed by atoms with Crippen molar-refractivity contribution in [1.82, 2.24) is 15.5 Å². The highest BCUT2D eigenvalue weighted by Gasteiger charge is 2.17. The van der Waals surface area contributed by atoms with Crippen LogP contribution in [0.3, 0.4) is 0 Å². The molecule has 1 unspecified atom stereocenters. The molecule has 0 radical (unpaired) electrons. The number of hydrogen-bond donors (Lipinski definition) is 1. The molecule has 2 heterocycles. The van der Waals surface area contributed by atoms with Crippen molar-refractivity contribution in [2.24, 2.45) is 0 Å². The van der Waals surface area contributed by atoms with Gasteiger partial charge in [-0.3, -0.25) is 0 Å². The van der Waals surface area contributed by atoms with Crippen LogP contribution in [-0.4, -0.2) is 17.2 Å². The minimum absolute atomic E-state index is 0.0427. The van der Waals surface area contributed by atoms with E-state index in [0.29, 0.717) is 16.8 Å². The van der Waals surface area contributed by atoms with Crippen LogP contribution in [0.15, 0.2) is 9.80 Å². The van der Waals surface area contributed by atoms with Crippen molar-refractivity contribution >= 4 is 22.9 Å². The SMILES string of the molecule is CNC(C)c1nnc(-c2scc(C)c2Cl)o1. The maximum absolute atomic E-state index is 6.13. The zero-order valence-electron chi connectivity index (χ0n) is 9.24. The van der Waals surface area contributed by atoms with Gasteiger partial charge in [-0.2, -0.15) is 0 Å². The smallest absolute Gasteiger partial charge is 0.259 e. The molecule has 0 saturated heterocycles. The van der Waals surface area contributed by atoms with E-state index in [4.69, 9.17) is 16.0 Å². The van der Waals surface area contributed by atoms with Gasteiger partial charge in [0.1, 0.15) is 4.88 Å². The molecular formula is C10H12ClN3OS. The summed E-state index contributed by atoms with van der Waals surface area (Å²) in [7, 11) is 1.84. The van der Waals surface area contributed by atoms with Gasteiger partial charge in [0, 0.05) is 0 Å². The Hall–Kier alpha value is -0.910. The Bertz CT molecular complexity index is 494. The summed E-state index contributed by atoms with van der Waals surface area (Å²) in [6.45, 7) is 3.91. The number of nitrogens with one attached hydrogen (secondary N) is 1. The summed E-state index contributed by atoms with van der Waals surface area (Å²) in [5.74, 6) is 1.06. The second-order valence-electron chi connectivity index (χ2n) is 3.52. The fraction of sp³-hybridized carbons (Fsp3) is 0.400. The van der Waals surface area contributed by atoms with E-state index in [0.717, 1.165) is 10.4 Å². The van der Waals surface area contributed by atoms with Gasteiger partial charge in [-0.1, -0.05) is 11.6 Å². The molecule has 2 rings (SSSR count). The number of aromatic nitrogens is 2. The molecule has 0 saturated carbocycles. The number of halogens is 1. The monoisotopic (exact) mass is 257 g/mol. The first-order chi connectivity index (χ1) is 7.63. The summed E-state index contributed by atoms with van der Waals surface area (Å²) in [6.07, 6.45) is 0. The molecule has 0 fully saturated rings. The lowest BCUT2D eigenvalue weighted by Crippen LogP contribution is -2.12. The maximum Gasteiger partial charge on any atom is 0.259 e. The van der Waals surface area contributed by atoms with Crippen LogP contribution < -0.4 is 5.32 Å². The van der Waals surface area contributed by atoms with Crippen LogP contribution in [0.4, 0.5) is 0 Å². The van der Waals surface area contributed by atoms with Gasteiger partial charge in [0.15, 0.2) is 0 Å². The van der Waals surface area contributed by atoms with Gasteiger partial charge >= 0.3 is 0 Å². The van der Waals surface area contributed by atoms with Gasteiger partial charge < -0.3 is 9.73 Å². The molecule has 0 amide bonds. The van der Waals surface area contributed by atoms with E-state index in [1.54, 1.807) is 0 Å². The summed E-state index contributed by atoms with van der Waals surface area (Å²) < 4.78 is 5.56. The molecule has 4 nitrogen and oxygen atoms in total. The van der Waals surface area contributed by atoms with Crippen LogP contribution in [-0.2, 0) is 0 Å². The average Bonchev–Trinajstić information content (AvgIpc) is 2.87. The molecule has 16 heavy (non-hydrogen) atoms. The summed E-state index contributed by atoms with van der Waals surface area (Å²) in [4.78, 5) is 0.834. The quantitative estimate of drug-likeness (QED) is 0.918. The Morgan fingerprint density at radius 2 is 2.25 bits per heavy atom. The second kappa shape index (κ2) is 4.53. The van der Waals surface area contributed by atoms with E-state index in [1.807, 2.05) is 26.3 Å². The molecule has 2 aromatic heterocycles. The number of thiophene rings is 1. The van der Waals surface area contributed by atoms with Crippen molar-refractivity contribution in [2.75, 3.05) is 7.05 Å². The van der Waals surface area contributed by atoms with Crippen molar-refractivity contribution in [3.63, 3.8) is 0 Å². The zero-order chi connectivity index (χ0) is 11.7. The van der Waals surface area contributed by atoms with Crippen LogP contribution in [0.2, 0.25) is 5.02 Å². The van der Waals surface area contributed by atoms with Crippen molar-refractivity contribution in [3.05, 3.63) is 21.9 Å². The largest absolute Gasteiger partial charge is 0.418 e. The molecule has 0 aliphatic heterocycles. The summed E-state index contributed by atoms with van der Waals surface area (Å²) in [5.41, 5.74) is 1.03. The predicted molar refractivity (Wildman–Crippen MR) is 64.8 cm³/mol. The highest BCUT2D eigenvalue weighted by Crippen LogP contribution is 2.35. The minimum Gasteiger partial charge on any atom is -0.418 e. The lowest BCUT2D eigenvalue weighted by molar-refractivity contribution is 0.442. The van der Waals surface area contributed by atoms with Crippen molar-refractivity contribution in [1.29, 1.82) is 0 Å². The van der Waals surface area contributed by atoms with Gasteiger partial charge in [-0.15, -0.1) is 21.5 Å². The molecule has 86 valence electrons. The van der Waals surface area contributed by atoms with Crippen LogP contribution >= 0.6 is 22.9 Å². The molecule has 0 bridgehead atoms. The summed E-state index contributed by atoms with van der Waals surface area (Å²) >= 11 is 7.65. The third-order valence-electron chi connectivity index (χ3n) is 2.34. The van der Waals surface area contributed by atoms with Gasteiger partial charge in [-0.25, -0.2) is 0 Å². The fourth-order valence-corrected chi connectivity index (χ4v) is 2.39. The second-order valence-corrected chi connectivity index (χ2v) is 4.78. The summed E-state index contributed by atoms with van der Waals surface area (Å²) in [5, 5.41) is 13.7. The van der Waals surface area contributed by atoms with Crippen LogP contribution in [0.1, 0.15) is 24.4 Å². The van der Waals surface area contributed by atoms with Gasteiger partial charge in [0.05, 0.1) is 11.1 Å². The molecule has 0 aliphatic carbocycles. The van der Waals surface area contributed by atoms with E-state index in [2.05, 4.69) is 15.5 Å². The Balaban J connectivity index is 2.35. The lowest BCUT2D eigenvalue weighted by Gasteiger charge is -2.01. The van der Waals surface area contributed by atoms with E-state index in [1.165, 1.54) is 11.3 Å². The van der Waals surface area contributed by atoms with Gasteiger partial charge in [-0.05, 0) is 31.8 Å². The molecular weight excluding hydrogens is 246 g/mol. The van der Waals surface area contributed by atoms with Gasteiger partial charge in [0.2, 0.25) is 5.89 Å². The lowest BCUT2D eigenvalue weighted by atomic mass is 10.3. The van der Waals surface area contributed by atoms with E-state index >= 15 is 0 Å². The highest BCUT2D eigenvalue weighted by atomic mass is 35.5. The van der Waals surface area contributed by atoms with E-state index in [9.17, 15) is 0 Å². The minimum atomic E-state index is 0.0427. The first-order valence-corrected chi connectivity index (χ1v) is 6.14. The molecule has 0 spiro atoms. The highest BCUT2D eigenvalue weighted by molar-refractivity contribution is 7.14. The molecule has 1 atom stereocenters. The van der Waals surface area contributed by atoms with E-state index < -0.39 is 0 Å². The first kappa shape index (κ1) is 11.6. The number of aryl methyl sites for hydroxylation is 1. The van der Waals surface area contributed by atoms with Crippen molar-refractivity contribution in [3.8, 4) is 10.8 Å². The average molecular weight is 258 g/mol. The van der Waals surface area contributed by atoms with Crippen molar-refractivity contribution in [2.45, 2.75) is 19.9 Å². The third kappa shape index (κ3) is 1.98. The molecule has 0 aliphatic rings. The normalized spacial score (nSPS) is 13.0. The third-order valence-corrected chi connectivity index (χ3v) is 4.02. The Morgan fingerprint density at radius 1 is 1.50 bits per heavy atom. The number of nitrogens with zero attached hydrogens (tertiary/aromatic N) is 2. The van der Waals surface area contributed by atoms with Gasteiger partial charge in [0.25, 0.3) is 5.89 Å². The zero-order valence-corrected chi connectivity index (χ0v) is 10.8. The molecule has 6 heteroatoms. The standard InChI is InChI=1S/C10H12ClN3OS/c1-5-4-16-8(7(5)11)10-14-13-9(15-10)6(2)12-3/h4,6,12H,1-3H3.